The van der Waals surface area contributed by atoms with E-state index in [2.05, 4.69) is 15.2 Å². The lowest BCUT2D eigenvalue weighted by Gasteiger charge is -2.34. The molecule has 0 unspecified atom stereocenters. The second kappa shape index (κ2) is 8.50. The fourth-order valence-corrected chi connectivity index (χ4v) is 4.80. The van der Waals surface area contributed by atoms with Crippen LogP contribution in [0.1, 0.15) is 63.6 Å². The largest absolute Gasteiger partial charge is 0.416 e. The summed E-state index contributed by atoms with van der Waals surface area (Å²) in [6, 6.07) is 5.11. The Hall–Kier alpha value is -2.84. The predicted octanol–water partition coefficient (Wildman–Crippen LogP) is 5.42. The molecule has 1 atom stereocenters. The first-order valence-corrected chi connectivity index (χ1v) is 11.3. The van der Waals surface area contributed by atoms with Crippen LogP contribution in [0.25, 0.3) is 0 Å². The van der Waals surface area contributed by atoms with Crippen LogP contribution in [0.4, 0.5) is 30.6 Å². The SMILES string of the molecule is C[C@H](Nc1ncc2c(n1)N(C1CCCC1)CC(C)(C)C(=O)N2C)c1cccc(C(F)(F)F)c1. The van der Waals surface area contributed by atoms with E-state index in [4.69, 9.17) is 4.98 Å². The van der Waals surface area contributed by atoms with Gasteiger partial charge in [-0.25, -0.2) is 4.98 Å². The third kappa shape index (κ3) is 4.63. The molecule has 0 radical (unpaired) electrons. The van der Waals surface area contributed by atoms with E-state index in [9.17, 15) is 18.0 Å². The van der Waals surface area contributed by atoms with Crippen LogP contribution in [0.3, 0.4) is 0 Å². The van der Waals surface area contributed by atoms with Crippen LogP contribution in [0.15, 0.2) is 30.5 Å². The highest BCUT2D eigenvalue weighted by molar-refractivity contribution is 6.00. The number of hydrogen-bond donors (Lipinski definition) is 1. The van der Waals surface area contributed by atoms with Gasteiger partial charge in [0.15, 0.2) is 5.82 Å². The quantitative estimate of drug-likeness (QED) is 0.659. The fraction of sp³-hybridized carbons (Fsp3) is 0.542. The van der Waals surface area contributed by atoms with Gasteiger partial charge in [0.05, 0.1) is 23.2 Å². The number of aromatic nitrogens is 2. The molecule has 1 aromatic heterocycles. The van der Waals surface area contributed by atoms with Crippen LogP contribution in [-0.4, -0.2) is 35.5 Å². The Kier molecular flexibility index (Phi) is 6.01. The molecule has 1 saturated carbocycles. The average molecular weight is 462 g/mol. The summed E-state index contributed by atoms with van der Waals surface area (Å²) < 4.78 is 39.4. The van der Waals surface area contributed by atoms with Gasteiger partial charge in [-0.15, -0.1) is 0 Å². The van der Waals surface area contributed by atoms with Crippen molar-refractivity contribution in [3.05, 3.63) is 41.6 Å². The molecule has 33 heavy (non-hydrogen) atoms. The van der Waals surface area contributed by atoms with Crippen LogP contribution < -0.4 is 15.1 Å². The van der Waals surface area contributed by atoms with Crippen LogP contribution in [0.2, 0.25) is 0 Å². The number of fused-ring (bicyclic) bond motifs is 1. The number of hydrogen-bond acceptors (Lipinski definition) is 5. The maximum atomic E-state index is 13.1. The van der Waals surface area contributed by atoms with Crippen molar-refractivity contribution in [2.24, 2.45) is 5.41 Å². The minimum absolute atomic E-state index is 0.00545. The Bertz CT molecular complexity index is 1030. The number of alkyl halides is 3. The molecular weight excluding hydrogens is 431 g/mol. The Labute approximate surface area is 192 Å². The van der Waals surface area contributed by atoms with Crippen molar-refractivity contribution in [1.82, 2.24) is 9.97 Å². The number of nitrogens with zero attached hydrogens (tertiary/aromatic N) is 4. The van der Waals surface area contributed by atoms with Crippen LogP contribution in [-0.2, 0) is 11.0 Å². The maximum Gasteiger partial charge on any atom is 0.416 e. The van der Waals surface area contributed by atoms with E-state index < -0.39 is 23.2 Å². The topological polar surface area (TPSA) is 61.4 Å². The molecule has 1 aliphatic heterocycles. The monoisotopic (exact) mass is 461 g/mol. The maximum absolute atomic E-state index is 13.1. The molecule has 2 aromatic rings. The molecule has 9 heteroatoms. The molecule has 0 bridgehead atoms. The molecule has 178 valence electrons. The minimum Gasteiger partial charge on any atom is -0.351 e. The molecule has 2 heterocycles. The highest BCUT2D eigenvalue weighted by atomic mass is 19.4. The molecule has 4 rings (SSSR count). The number of benzene rings is 1. The van der Waals surface area contributed by atoms with Gasteiger partial charge in [0, 0.05) is 19.6 Å². The summed E-state index contributed by atoms with van der Waals surface area (Å²) in [6.45, 7) is 6.22. The summed E-state index contributed by atoms with van der Waals surface area (Å²) in [7, 11) is 1.74. The number of rotatable bonds is 4. The smallest absolute Gasteiger partial charge is 0.351 e. The Balaban J connectivity index is 1.67. The van der Waals surface area contributed by atoms with Crippen molar-refractivity contribution in [2.45, 2.75) is 64.7 Å². The number of carbonyl (C=O) groups is 1. The summed E-state index contributed by atoms with van der Waals surface area (Å²) in [5, 5.41) is 3.15. The van der Waals surface area contributed by atoms with Crippen molar-refractivity contribution in [3.8, 4) is 0 Å². The third-order valence-electron chi connectivity index (χ3n) is 6.66. The van der Waals surface area contributed by atoms with E-state index >= 15 is 0 Å². The highest BCUT2D eigenvalue weighted by Crippen LogP contribution is 2.40. The molecule has 1 fully saturated rings. The molecule has 0 spiro atoms. The number of carbonyl (C=O) groups excluding carboxylic acids is 1. The molecule has 1 N–H and O–H groups in total. The molecular formula is C24H30F3N5O. The van der Waals surface area contributed by atoms with E-state index in [0.717, 1.165) is 37.8 Å². The normalized spacial score (nSPS) is 19.9. The lowest BCUT2D eigenvalue weighted by Crippen LogP contribution is -2.45. The van der Waals surface area contributed by atoms with Gasteiger partial charge in [0.1, 0.15) is 5.69 Å². The Morgan fingerprint density at radius 2 is 1.91 bits per heavy atom. The second-order valence-corrected chi connectivity index (χ2v) is 9.71. The summed E-state index contributed by atoms with van der Waals surface area (Å²) in [4.78, 5) is 26.1. The summed E-state index contributed by atoms with van der Waals surface area (Å²) >= 11 is 0. The van der Waals surface area contributed by atoms with Gasteiger partial charge < -0.3 is 15.1 Å². The van der Waals surface area contributed by atoms with Gasteiger partial charge in [0.25, 0.3) is 0 Å². The first-order chi connectivity index (χ1) is 15.5. The predicted molar refractivity (Wildman–Crippen MR) is 122 cm³/mol. The van der Waals surface area contributed by atoms with Crippen molar-refractivity contribution in [1.29, 1.82) is 0 Å². The fourth-order valence-electron chi connectivity index (χ4n) is 4.80. The van der Waals surface area contributed by atoms with E-state index in [1.165, 1.54) is 6.07 Å². The Morgan fingerprint density at radius 3 is 2.58 bits per heavy atom. The van der Waals surface area contributed by atoms with Gasteiger partial charge in [-0.2, -0.15) is 18.2 Å². The highest BCUT2D eigenvalue weighted by Gasteiger charge is 2.41. The Morgan fingerprint density at radius 1 is 1.21 bits per heavy atom. The van der Waals surface area contributed by atoms with Crippen molar-refractivity contribution < 1.29 is 18.0 Å². The van der Waals surface area contributed by atoms with Crippen LogP contribution in [0, 0.1) is 5.41 Å². The van der Waals surface area contributed by atoms with Crippen molar-refractivity contribution in [2.75, 3.05) is 28.7 Å². The van der Waals surface area contributed by atoms with Gasteiger partial charge in [0.2, 0.25) is 11.9 Å². The van der Waals surface area contributed by atoms with E-state index in [-0.39, 0.29) is 5.91 Å². The average Bonchev–Trinajstić information content (AvgIpc) is 3.28. The van der Waals surface area contributed by atoms with Crippen molar-refractivity contribution in [3.63, 3.8) is 0 Å². The second-order valence-electron chi connectivity index (χ2n) is 9.71. The van der Waals surface area contributed by atoms with Gasteiger partial charge >= 0.3 is 6.18 Å². The summed E-state index contributed by atoms with van der Waals surface area (Å²) in [5.41, 5.74) is -0.137. The molecule has 0 saturated heterocycles. The minimum atomic E-state index is -4.40. The zero-order valence-corrected chi connectivity index (χ0v) is 19.4. The molecule has 2 aliphatic rings. The lowest BCUT2D eigenvalue weighted by atomic mass is 9.91. The van der Waals surface area contributed by atoms with Crippen LogP contribution in [0.5, 0.6) is 0 Å². The standard InChI is InChI=1S/C24H30F3N5O/c1-15(16-8-7-9-17(12-16)24(25,26)27)29-22-28-13-19-20(30-22)32(18-10-5-6-11-18)14-23(2,3)21(33)31(19)4/h7-9,12-13,15,18H,5-6,10-11,14H2,1-4H3,(H,28,29,30)/t15-/m0/s1. The van der Waals surface area contributed by atoms with E-state index in [0.29, 0.717) is 35.6 Å². The summed E-state index contributed by atoms with van der Waals surface area (Å²) in [5.74, 6) is 1.02. The lowest BCUT2D eigenvalue weighted by molar-refractivity contribution is -0.137. The van der Waals surface area contributed by atoms with Gasteiger partial charge in [-0.1, -0.05) is 25.0 Å². The van der Waals surface area contributed by atoms with E-state index in [1.807, 2.05) is 13.8 Å². The molecule has 1 aliphatic carbocycles. The number of halogens is 3. The van der Waals surface area contributed by atoms with E-state index in [1.54, 1.807) is 31.1 Å². The van der Waals surface area contributed by atoms with Crippen LogP contribution >= 0.6 is 0 Å². The number of nitrogens with one attached hydrogen (secondary N) is 1. The molecule has 1 aromatic carbocycles. The van der Waals surface area contributed by atoms with Gasteiger partial charge in [-0.3, -0.25) is 4.79 Å². The number of anilines is 3. The first kappa shape index (κ1) is 23.3. The molecule has 1 amide bonds. The first-order valence-electron chi connectivity index (χ1n) is 11.3. The molecule has 6 nitrogen and oxygen atoms in total. The van der Waals surface area contributed by atoms with Crippen molar-refractivity contribution >= 4 is 23.4 Å². The third-order valence-corrected chi connectivity index (χ3v) is 6.66. The van der Waals surface area contributed by atoms with Gasteiger partial charge in [-0.05, 0) is 51.3 Å². The zero-order chi connectivity index (χ0) is 24.0. The summed E-state index contributed by atoms with van der Waals surface area (Å²) in [6.07, 6.45) is 1.60. The number of amides is 1. The zero-order valence-electron chi connectivity index (χ0n) is 19.4.